The molecule has 0 radical (unpaired) electrons. The Bertz CT molecular complexity index is 575. The lowest BCUT2D eigenvalue weighted by Gasteiger charge is -2.21. The monoisotopic (exact) mass is 400 g/mol. The molecular formula is C14H18Br2N4. The van der Waals surface area contributed by atoms with E-state index in [9.17, 15) is 0 Å². The molecule has 0 aliphatic heterocycles. The summed E-state index contributed by atoms with van der Waals surface area (Å²) in [7, 11) is 1.91. The molecule has 1 aromatic carbocycles. The summed E-state index contributed by atoms with van der Waals surface area (Å²) >= 11 is 7.17. The van der Waals surface area contributed by atoms with E-state index in [1.807, 2.05) is 11.7 Å². The Morgan fingerprint density at radius 3 is 2.65 bits per heavy atom. The fourth-order valence-corrected chi connectivity index (χ4v) is 3.43. The predicted octanol–water partition coefficient (Wildman–Crippen LogP) is 3.74. The van der Waals surface area contributed by atoms with Gasteiger partial charge in [-0.1, -0.05) is 40.2 Å². The van der Waals surface area contributed by atoms with Crippen LogP contribution in [0.25, 0.3) is 0 Å². The van der Waals surface area contributed by atoms with Crippen molar-refractivity contribution >= 4 is 31.9 Å². The van der Waals surface area contributed by atoms with Gasteiger partial charge in [0, 0.05) is 11.5 Å². The molecule has 0 aliphatic carbocycles. The van der Waals surface area contributed by atoms with E-state index in [1.54, 1.807) is 0 Å². The van der Waals surface area contributed by atoms with Gasteiger partial charge in [0.15, 0.2) is 4.60 Å². The van der Waals surface area contributed by atoms with Crippen LogP contribution in [-0.4, -0.2) is 21.5 Å². The standard InChI is InChI=1S/C14H18Br2N4/c1-4-7-17-12(13-14(16)18-19-20(13)3)10-6-5-9(2)8-11(10)15/h5-6,8,12,17H,4,7H2,1-3H3. The van der Waals surface area contributed by atoms with E-state index in [-0.39, 0.29) is 6.04 Å². The number of benzene rings is 1. The zero-order valence-electron chi connectivity index (χ0n) is 11.8. The van der Waals surface area contributed by atoms with Crippen molar-refractivity contribution in [3.05, 3.63) is 44.1 Å². The highest BCUT2D eigenvalue weighted by Gasteiger charge is 2.23. The van der Waals surface area contributed by atoms with Crippen LogP contribution in [0.2, 0.25) is 0 Å². The minimum atomic E-state index is 0.0549. The molecule has 0 amide bonds. The number of aryl methyl sites for hydroxylation is 2. The average Bonchev–Trinajstić information content (AvgIpc) is 2.72. The first-order chi connectivity index (χ1) is 9.54. The third kappa shape index (κ3) is 3.30. The third-order valence-electron chi connectivity index (χ3n) is 3.17. The largest absolute Gasteiger partial charge is 0.305 e. The Morgan fingerprint density at radius 1 is 1.35 bits per heavy atom. The number of rotatable bonds is 5. The molecule has 4 nitrogen and oxygen atoms in total. The van der Waals surface area contributed by atoms with Gasteiger partial charge in [-0.3, -0.25) is 0 Å². The number of nitrogens with zero attached hydrogens (tertiary/aromatic N) is 3. The molecule has 0 spiro atoms. The summed E-state index contributed by atoms with van der Waals surface area (Å²) in [6.07, 6.45) is 1.07. The van der Waals surface area contributed by atoms with E-state index in [4.69, 9.17) is 0 Å². The molecule has 0 fully saturated rings. The summed E-state index contributed by atoms with van der Waals surface area (Å²) < 4.78 is 3.68. The van der Waals surface area contributed by atoms with E-state index in [2.05, 4.69) is 79.5 Å². The molecule has 6 heteroatoms. The van der Waals surface area contributed by atoms with Crippen molar-refractivity contribution < 1.29 is 0 Å². The van der Waals surface area contributed by atoms with Crippen LogP contribution in [-0.2, 0) is 7.05 Å². The summed E-state index contributed by atoms with van der Waals surface area (Å²) in [5.74, 6) is 0. The fourth-order valence-electron chi connectivity index (χ4n) is 2.15. The van der Waals surface area contributed by atoms with Gasteiger partial charge in [-0.25, -0.2) is 4.68 Å². The molecule has 20 heavy (non-hydrogen) atoms. The van der Waals surface area contributed by atoms with Gasteiger partial charge in [-0.05, 0) is 53.0 Å². The van der Waals surface area contributed by atoms with Crippen molar-refractivity contribution in [1.29, 1.82) is 0 Å². The SMILES string of the molecule is CCCNC(c1ccc(C)cc1Br)c1c(Br)nnn1C. The van der Waals surface area contributed by atoms with Gasteiger partial charge in [0.2, 0.25) is 0 Å². The first kappa shape index (κ1) is 15.7. The maximum absolute atomic E-state index is 4.09. The summed E-state index contributed by atoms with van der Waals surface area (Å²) in [6.45, 7) is 5.18. The van der Waals surface area contributed by atoms with Crippen LogP contribution in [0.4, 0.5) is 0 Å². The molecule has 108 valence electrons. The Labute approximate surface area is 136 Å². The van der Waals surface area contributed by atoms with E-state index in [0.29, 0.717) is 0 Å². The molecule has 1 unspecified atom stereocenters. The topological polar surface area (TPSA) is 42.7 Å². The van der Waals surface area contributed by atoms with E-state index < -0.39 is 0 Å². The smallest absolute Gasteiger partial charge is 0.153 e. The van der Waals surface area contributed by atoms with Gasteiger partial charge in [-0.15, -0.1) is 5.10 Å². The van der Waals surface area contributed by atoms with Gasteiger partial charge < -0.3 is 5.32 Å². The van der Waals surface area contributed by atoms with Crippen LogP contribution in [0.1, 0.15) is 36.2 Å². The van der Waals surface area contributed by atoms with Crippen LogP contribution in [0.3, 0.4) is 0 Å². The van der Waals surface area contributed by atoms with E-state index in [0.717, 1.165) is 27.7 Å². The van der Waals surface area contributed by atoms with Crippen molar-refractivity contribution in [3.63, 3.8) is 0 Å². The van der Waals surface area contributed by atoms with Crippen molar-refractivity contribution in [3.8, 4) is 0 Å². The van der Waals surface area contributed by atoms with Crippen molar-refractivity contribution in [1.82, 2.24) is 20.3 Å². The summed E-state index contributed by atoms with van der Waals surface area (Å²) in [5, 5.41) is 11.7. The zero-order valence-corrected chi connectivity index (χ0v) is 15.0. The summed E-state index contributed by atoms with van der Waals surface area (Å²) in [4.78, 5) is 0. The number of aromatic nitrogens is 3. The first-order valence-corrected chi connectivity index (χ1v) is 8.17. The number of nitrogens with one attached hydrogen (secondary N) is 1. The Hall–Kier alpha value is -0.720. The predicted molar refractivity (Wildman–Crippen MR) is 87.7 cm³/mol. The van der Waals surface area contributed by atoms with Gasteiger partial charge in [0.05, 0.1) is 11.7 Å². The van der Waals surface area contributed by atoms with Crippen LogP contribution in [0.5, 0.6) is 0 Å². The Balaban J connectivity index is 2.47. The van der Waals surface area contributed by atoms with Crippen molar-refractivity contribution in [2.45, 2.75) is 26.3 Å². The number of hydrogen-bond donors (Lipinski definition) is 1. The molecule has 1 heterocycles. The Morgan fingerprint density at radius 2 is 2.10 bits per heavy atom. The van der Waals surface area contributed by atoms with Gasteiger partial charge in [-0.2, -0.15) is 0 Å². The first-order valence-electron chi connectivity index (χ1n) is 6.59. The average molecular weight is 402 g/mol. The molecule has 0 bridgehead atoms. The lowest BCUT2D eigenvalue weighted by Crippen LogP contribution is -2.26. The van der Waals surface area contributed by atoms with Gasteiger partial charge in [0.1, 0.15) is 0 Å². The molecular weight excluding hydrogens is 384 g/mol. The van der Waals surface area contributed by atoms with Crippen LogP contribution in [0, 0.1) is 6.92 Å². The molecule has 1 atom stereocenters. The van der Waals surface area contributed by atoms with Gasteiger partial charge in [0.25, 0.3) is 0 Å². The van der Waals surface area contributed by atoms with Gasteiger partial charge >= 0.3 is 0 Å². The summed E-state index contributed by atoms with van der Waals surface area (Å²) in [6, 6.07) is 6.46. The minimum Gasteiger partial charge on any atom is -0.305 e. The second-order valence-corrected chi connectivity index (χ2v) is 6.41. The lowest BCUT2D eigenvalue weighted by molar-refractivity contribution is 0.548. The lowest BCUT2D eigenvalue weighted by atomic mass is 10.0. The molecule has 0 saturated heterocycles. The van der Waals surface area contributed by atoms with E-state index >= 15 is 0 Å². The van der Waals surface area contributed by atoms with Crippen LogP contribution < -0.4 is 5.32 Å². The van der Waals surface area contributed by atoms with Crippen molar-refractivity contribution in [2.24, 2.45) is 7.05 Å². The third-order valence-corrected chi connectivity index (χ3v) is 4.42. The van der Waals surface area contributed by atoms with E-state index in [1.165, 1.54) is 11.1 Å². The van der Waals surface area contributed by atoms with Crippen LogP contribution in [0.15, 0.2) is 27.3 Å². The number of halogens is 2. The normalized spacial score (nSPS) is 12.7. The summed E-state index contributed by atoms with van der Waals surface area (Å²) in [5.41, 5.74) is 3.45. The van der Waals surface area contributed by atoms with Crippen molar-refractivity contribution in [2.75, 3.05) is 6.54 Å². The maximum Gasteiger partial charge on any atom is 0.153 e. The highest BCUT2D eigenvalue weighted by Crippen LogP contribution is 2.32. The van der Waals surface area contributed by atoms with Crippen LogP contribution >= 0.6 is 31.9 Å². The minimum absolute atomic E-state index is 0.0549. The number of hydrogen-bond acceptors (Lipinski definition) is 3. The zero-order chi connectivity index (χ0) is 14.7. The second-order valence-electron chi connectivity index (χ2n) is 4.80. The fraction of sp³-hybridized carbons (Fsp3) is 0.429. The Kier molecular flexibility index (Phi) is 5.35. The molecule has 0 aliphatic rings. The molecule has 2 aromatic rings. The second kappa shape index (κ2) is 6.83. The maximum atomic E-state index is 4.09. The molecule has 1 aromatic heterocycles. The molecule has 2 rings (SSSR count). The highest BCUT2D eigenvalue weighted by atomic mass is 79.9. The highest BCUT2D eigenvalue weighted by molar-refractivity contribution is 9.10. The quantitative estimate of drug-likeness (QED) is 0.829. The molecule has 0 saturated carbocycles. The molecule has 1 N–H and O–H groups in total.